The molecule has 10 nitrogen and oxygen atoms in total. The summed E-state index contributed by atoms with van der Waals surface area (Å²) in [5.74, 6) is 0.416. The topological polar surface area (TPSA) is 137 Å². The van der Waals surface area contributed by atoms with Crippen LogP contribution in [0.4, 0.5) is 0 Å². The van der Waals surface area contributed by atoms with Crippen molar-refractivity contribution in [1.29, 1.82) is 0 Å². The summed E-state index contributed by atoms with van der Waals surface area (Å²) in [5.41, 5.74) is 9.38. The first-order valence-corrected chi connectivity index (χ1v) is 12.1. The van der Waals surface area contributed by atoms with Gasteiger partial charge in [0.05, 0.1) is 24.0 Å². The van der Waals surface area contributed by atoms with E-state index < -0.39 is 5.54 Å². The molecule has 5 rings (SSSR count). The van der Waals surface area contributed by atoms with Crippen LogP contribution < -0.4 is 5.73 Å². The van der Waals surface area contributed by atoms with E-state index in [2.05, 4.69) is 25.1 Å². The Morgan fingerprint density at radius 3 is 2.47 bits per heavy atom. The largest absolute Gasteiger partial charge is 0.443 e. The summed E-state index contributed by atoms with van der Waals surface area (Å²) >= 11 is 0. The first-order valence-electron chi connectivity index (χ1n) is 12.1. The van der Waals surface area contributed by atoms with Crippen molar-refractivity contribution in [1.82, 2.24) is 30.0 Å². The molecule has 0 unspecified atom stereocenters. The molecule has 38 heavy (non-hydrogen) atoms. The molecule has 0 aliphatic carbocycles. The molecule has 4 heterocycles. The number of carbonyl (C=O) groups is 1. The van der Waals surface area contributed by atoms with Gasteiger partial charge >= 0.3 is 0 Å². The lowest BCUT2D eigenvalue weighted by Gasteiger charge is -2.20. The van der Waals surface area contributed by atoms with E-state index in [-0.39, 0.29) is 23.6 Å². The highest BCUT2D eigenvalue weighted by Gasteiger charge is 2.29. The van der Waals surface area contributed by atoms with E-state index >= 15 is 0 Å². The summed E-state index contributed by atoms with van der Waals surface area (Å²) in [7, 11) is 1.71. The maximum atomic E-state index is 13.4. The number of aryl methyl sites for hydroxylation is 1. The molecule has 5 aromatic rings. The van der Waals surface area contributed by atoms with Crippen molar-refractivity contribution in [3.63, 3.8) is 0 Å². The molecule has 1 aromatic carbocycles. The molecule has 4 aromatic heterocycles. The predicted octanol–water partition coefficient (Wildman–Crippen LogP) is 4.18. The fraction of sp³-hybridized carbons (Fsp3) is 0.214. The van der Waals surface area contributed by atoms with Gasteiger partial charge in [0.25, 0.3) is 11.8 Å². The predicted molar refractivity (Wildman–Crippen MR) is 139 cm³/mol. The van der Waals surface area contributed by atoms with Gasteiger partial charge in [0, 0.05) is 18.3 Å². The van der Waals surface area contributed by atoms with Gasteiger partial charge in [-0.15, -0.1) is 10.2 Å². The number of rotatable bonds is 8. The van der Waals surface area contributed by atoms with E-state index in [4.69, 9.17) is 14.6 Å². The third-order valence-electron chi connectivity index (χ3n) is 5.96. The summed E-state index contributed by atoms with van der Waals surface area (Å²) in [6.07, 6.45) is 3.45. The van der Waals surface area contributed by atoms with Crippen molar-refractivity contribution in [2.75, 3.05) is 7.05 Å². The van der Waals surface area contributed by atoms with E-state index in [1.54, 1.807) is 24.1 Å². The Hall–Kier alpha value is -4.70. The van der Waals surface area contributed by atoms with Gasteiger partial charge in [-0.2, -0.15) is 0 Å². The summed E-state index contributed by atoms with van der Waals surface area (Å²) in [5, 5.41) is 8.40. The molecule has 0 saturated heterocycles. The van der Waals surface area contributed by atoms with Crippen LogP contribution in [0.15, 0.2) is 82.0 Å². The Balaban J connectivity index is 1.46. The molecule has 0 saturated carbocycles. The molecule has 0 aliphatic rings. The monoisotopic (exact) mass is 509 g/mol. The second-order valence-electron chi connectivity index (χ2n) is 9.39. The number of nitrogens with two attached hydrogens (primary N) is 1. The molecule has 1 amide bonds. The number of pyridine rings is 2. The molecule has 2 N–H and O–H groups in total. The van der Waals surface area contributed by atoms with Crippen LogP contribution in [0.1, 0.15) is 40.1 Å². The SMILES string of the molecule is Cc1cccc(CN(C)C(=O)c2cc(-c3ncco3)nc(-c3nnc([C@@](C)(N)Cc4ccccc4)o3)c2)n1. The Labute approximate surface area is 219 Å². The number of nitrogens with zero attached hydrogens (tertiary/aromatic N) is 6. The molecule has 0 bridgehead atoms. The van der Waals surface area contributed by atoms with E-state index in [1.807, 2.05) is 62.4 Å². The zero-order valence-corrected chi connectivity index (χ0v) is 21.3. The van der Waals surface area contributed by atoms with Gasteiger partial charge in [0.2, 0.25) is 11.8 Å². The van der Waals surface area contributed by atoms with Gasteiger partial charge < -0.3 is 19.5 Å². The molecule has 0 aliphatic heterocycles. The first-order chi connectivity index (χ1) is 18.3. The van der Waals surface area contributed by atoms with Gasteiger partial charge in [-0.1, -0.05) is 36.4 Å². The normalized spacial score (nSPS) is 12.7. The average Bonchev–Trinajstić information content (AvgIpc) is 3.62. The van der Waals surface area contributed by atoms with Crippen LogP contribution >= 0.6 is 0 Å². The lowest BCUT2D eigenvalue weighted by Crippen LogP contribution is -2.35. The van der Waals surface area contributed by atoms with Crippen molar-refractivity contribution >= 4 is 5.91 Å². The molecule has 10 heteroatoms. The fourth-order valence-corrected chi connectivity index (χ4v) is 4.10. The Morgan fingerprint density at radius 1 is 1.00 bits per heavy atom. The number of aromatic nitrogens is 5. The minimum absolute atomic E-state index is 0.134. The molecular formula is C28H27N7O3. The molecule has 1 atom stereocenters. The maximum absolute atomic E-state index is 13.4. The average molecular weight is 510 g/mol. The van der Waals surface area contributed by atoms with Gasteiger partial charge in [0.1, 0.15) is 17.7 Å². The highest BCUT2D eigenvalue weighted by Crippen LogP contribution is 2.28. The van der Waals surface area contributed by atoms with Crippen LogP contribution in [0, 0.1) is 6.92 Å². The third kappa shape index (κ3) is 5.50. The number of hydrogen-bond acceptors (Lipinski definition) is 9. The van der Waals surface area contributed by atoms with Crippen LogP contribution in [0.5, 0.6) is 0 Å². The summed E-state index contributed by atoms with van der Waals surface area (Å²) in [6, 6.07) is 18.8. The summed E-state index contributed by atoms with van der Waals surface area (Å²) < 4.78 is 11.4. The quantitative estimate of drug-likeness (QED) is 0.326. The van der Waals surface area contributed by atoms with Crippen LogP contribution in [0.25, 0.3) is 23.2 Å². The summed E-state index contributed by atoms with van der Waals surface area (Å²) in [4.78, 5) is 28.3. The molecule has 0 fully saturated rings. The maximum Gasteiger partial charge on any atom is 0.266 e. The van der Waals surface area contributed by atoms with E-state index in [0.717, 1.165) is 17.0 Å². The molecular weight excluding hydrogens is 482 g/mol. The van der Waals surface area contributed by atoms with Crippen LogP contribution in [-0.2, 0) is 18.5 Å². The molecule has 0 radical (unpaired) electrons. The highest BCUT2D eigenvalue weighted by molar-refractivity contribution is 5.95. The summed E-state index contributed by atoms with van der Waals surface area (Å²) in [6.45, 7) is 4.08. The minimum atomic E-state index is -0.910. The van der Waals surface area contributed by atoms with Gasteiger partial charge in [-0.3, -0.25) is 9.78 Å². The van der Waals surface area contributed by atoms with Crippen molar-refractivity contribution in [3.05, 3.63) is 102 Å². The second-order valence-corrected chi connectivity index (χ2v) is 9.39. The smallest absolute Gasteiger partial charge is 0.266 e. The van der Waals surface area contributed by atoms with Crippen LogP contribution in [0.3, 0.4) is 0 Å². The Morgan fingerprint density at radius 2 is 1.76 bits per heavy atom. The number of benzene rings is 1. The Kier molecular flexibility index (Phi) is 6.80. The highest BCUT2D eigenvalue weighted by atomic mass is 16.4. The van der Waals surface area contributed by atoms with E-state index in [9.17, 15) is 4.79 Å². The Bertz CT molecular complexity index is 1550. The number of hydrogen-bond donors (Lipinski definition) is 1. The van der Waals surface area contributed by atoms with Gasteiger partial charge in [0.15, 0.2) is 0 Å². The minimum Gasteiger partial charge on any atom is -0.443 e. The lowest BCUT2D eigenvalue weighted by molar-refractivity contribution is 0.0783. The van der Waals surface area contributed by atoms with Crippen molar-refractivity contribution in [2.24, 2.45) is 5.73 Å². The van der Waals surface area contributed by atoms with E-state index in [0.29, 0.717) is 29.9 Å². The van der Waals surface area contributed by atoms with Crippen molar-refractivity contribution in [2.45, 2.75) is 32.4 Å². The molecule has 0 spiro atoms. The first kappa shape index (κ1) is 25.0. The third-order valence-corrected chi connectivity index (χ3v) is 5.96. The van der Waals surface area contributed by atoms with Crippen LogP contribution in [-0.4, -0.2) is 43.0 Å². The van der Waals surface area contributed by atoms with Gasteiger partial charge in [-0.25, -0.2) is 9.97 Å². The van der Waals surface area contributed by atoms with E-state index in [1.165, 1.54) is 12.5 Å². The second kappa shape index (κ2) is 10.3. The molecule has 192 valence electrons. The van der Waals surface area contributed by atoms with Crippen LogP contribution in [0.2, 0.25) is 0 Å². The van der Waals surface area contributed by atoms with Crippen molar-refractivity contribution in [3.8, 4) is 23.2 Å². The lowest BCUT2D eigenvalue weighted by atomic mass is 9.94. The standard InChI is InChI=1S/C28H27N7O3/c1-18-8-7-11-21(31-18)17-35(3)26(36)20-14-22(24-30-12-13-37-24)32-23(15-20)25-33-34-27(38-25)28(2,29)16-19-9-5-4-6-10-19/h4-15H,16-17,29H2,1-3H3/t28-/m0/s1. The zero-order chi connectivity index (χ0) is 26.7. The number of amides is 1. The number of carbonyl (C=O) groups excluding carboxylic acids is 1. The number of oxazole rings is 1. The fourth-order valence-electron chi connectivity index (χ4n) is 4.10. The van der Waals surface area contributed by atoms with Gasteiger partial charge in [-0.05, 0) is 50.1 Å². The van der Waals surface area contributed by atoms with Crippen molar-refractivity contribution < 1.29 is 13.6 Å². The zero-order valence-electron chi connectivity index (χ0n) is 21.3.